The van der Waals surface area contributed by atoms with Crippen LogP contribution in [0.3, 0.4) is 0 Å². The van der Waals surface area contributed by atoms with Crippen LogP contribution in [0, 0.1) is 0 Å². The Balaban J connectivity index is 2.46. The Kier molecular flexibility index (Phi) is 9.08. The molecule has 3 nitrogen and oxygen atoms in total. The van der Waals surface area contributed by atoms with Gasteiger partial charge in [-0.2, -0.15) is 0 Å². The lowest BCUT2D eigenvalue weighted by Gasteiger charge is -2.22. The van der Waals surface area contributed by atoms with Gasteiger partial charge in [-0.1, -0.05) is 28.1 Å². The lowest BCUT2D eigenvalue weighted by atomic mass is 10.2. The standard InChI is InChI=1S/C15H24BrNO2/c1-3-18-10-8-17(9-11-19-4-2)13-14-6-5-7-15(16)12-14/h5-7,12H,3-4,8-11,13H2,1-2H3. The van der Waals surface area contributed by atoms with Crippen molar-refractivity contribution in [2.24, 2.45) is 0 Å². The summed E-state index contributed by atoms with van der Waals surface area (Å²) >= 11 is 3.51. The minimum absolute atomic E-state index is 0.774. The summed E-state index contributed by atoms with van der Waals surface area (Å²) in [5.74, 6) is 0. The summed E-state index contributed by atoms with van der Waals surface area (Å²) in [6.45, 7) is 9.96. The Morgan fingerprint density at radius 3 is 2.21 bits per heavy atom. The molecule has 1 rings (SSSR count). The van der Waals surface area contributed by atoms with E-state index in [0.717, 1.165) is 50.5 Å². The van der Waals surface area contributed by atoms with Crippen molar-refractivity contribution in [1.29, 1.82) is 0 Å². The number of rotatable bonds is 10. The molecule has 0 N–H and O–H groups in total. The van der Waals surface area contributed by atoms with E-state index in [1.807, 2.05) is 19.9 Å². The van der Waals surface area contributed by atoms with Crippen molar-refractivity contribution in [1.82, 2.24) is 4.90 Å². The molecule has 108 valence electrons. The van der Waals surface area contributed by atoms with Crippen molar-refractivity contribution in [3.05, 3.63) is 34.3 Å². The smallest absolute Gasteiger partial charge is 0.0593 e. The summed E-state index contributed by atoms with van der Waals surface area (Å²) in [5.41, 5.74) is 1.31. The highest BCUT2D eigenvalue weighted by Crippen LogP contribution is 2.13. The molecule has 0 atom stereocenters. The van der Waals surface area contributed by atoms with Crippen LogP contribution < -0.4 is 0 Å². The molecule has 0 bridgehead atoms. The molecule has 0 heterocycles. The summed E-state index contributed by atoms with van der Waals surface area (Å²) in [4.78, 5) is 2.37. The first-order valence-corrected chi connectivity index (χ1v) is 7.67. The van der Waals surface area contributed by atoms with Crippen LogP contribution in [0.25, 0.3) is 0 Å². The van der Waals surface area contributed by atoms with E-state index in [4.69, 9.17) is 9.47 Å². The fourth-order valence-electron chi connectivity index (χ4n) is 1.84. The Bertz CT molecular complexity index is 337. The van der Waals surface area contributed by atoms with Gasteiger partial charge in [0.25, 0.3) is 0 Å². The monoisotopic (exact) mass is 329 g/mol. The van der Waals surface area contributed by atoms with Crippen molar-refractivity contribution in [2.75, 3.05) is 39.5 Å². The molecular weight excluding hydrogens is 306 g/mol. The first-order chi connectivity index (χ1) is 9.26. The van der Waals surface area contributed by atoms with E-state index in [-0.39, 0.29) is 0 Å². The van der Waals surface area contributed by atoms with Crippen molar-refractivity contribution in [2.45, 2.75) is 20.4 Å². The fraction of sp³-hybridized carbons (Fsp3) is 0.600. The maximum absolute atomic E-state index is 5.44. The number of halogens is 1. The van der Waals surface area contributed by atoms with Gasteiger partial charge in [-0.25, -0.2) is 0 Å². The van der Waals surface area contributed by atoms with Crippen molar-refractivity contribution in [3.63, 3.8) is 0 Å². The molecule has 0 aliphatic carbocycles. The number of ether oxygens (including phenoxy) is 2. The Morgan fingerprint density at radius 2 is 1.68 bits per heavy atom. The molecule has 0 radical (unpaired) electrons. The minimum Gasteiger partial charge on any atom is -0.380 e. The maximum atomic E-state index is 5.44. The molecule has 1 aromatic rings. The van der Waals surface area contributed by atoms with Crippen LogP contribution in [0.2, 0.25) is 0 Å². The molecule has 0 aliphatic heterocycles. The normalized spacial score (nSPS) is 11.2. The molecular formula is C15H24BrNO2. The molecule has 0 spiro atoms. The molecule has 0 saturated heterocycles. The number of benzene rings is 1. The molecule has 0 amide bonds. The second-order valence-corrected chi connectivity index (χ2v) is 5.22. The molecule has 0 fully saturated rings. The van der Waals surface area contributed by atoms with E-state index < -0.39 is 0 Å². The molecule has 0 aromatic heterocycles. The topological polar surface area (TPSA) is 21.7 Å². The lowest BCUT2D eigenvalue weighted by Crippen LogP contribution is -2.30. The van der Waals surface area contributed by atoms with Crippen LogP contribution in [0.5, 0.6) is 0 Å². The Labute approximate surface area is 125 Å². The zero-order valence-corrected chi connectivity index (χ0v) is 13.5. The quantitative estimate of drug-likeness (QED) is 0.614. The van der Waals surface area contributed by atoms with E-state index in [9.17, 15) is 0 Å². The van der Waals surface area contributed by atoms with Gasteiger partial charge in [-0.15, -0.1) is 0 Å². The van der Waals surface area contributed by atoms with Gasteiger partial charge in [0.1, 0.15) is 0 Å². The summed E-state index contributed by atoms with van der Waals surface area (Å²) < 4.78 is 12.0. The first-order valence-electron chi connectivity index (χ1n) is 6.88. The summed E-state index contributed by atoms with van der Waals surface area (Å²) in [5, 5.41) is 0. The van der Waals surface area contributed by atoms with Gasteiger partial charge < -0.3 is 9.47 Å². The highest BCUT2D eigenvalue weighted by molar-refractivity contribution is 9.10. The Hall–Kier alpha value is -0.420. The zero-order valence-electron chi connectivity index (χ0n) is 11.9. The molecule has 0 aliphatic rings. The number of hydrogen-bond acceptors (Lipinski definition) is 3. The van der Waals surface area contributed by atoms with E-state index in [1.54, 1.807) is 0 Å². The maximum Gasteiger partial charge on any atom is 0.0593 e. The SMILES string of the molecule is CCOCCN(CCOCC)Cc1cccc(Br)c1. The first kappa shape index (κ1) is 16.6. The van der Waals surface area contributed by atoms with Crippen LogP contribution >= 0.6 is 15.9 Å². The van der Waals surface area contributed by atoms with Gasteiger partial charge in [0.2, 0.25) is 0 Å². The van der Waals surface area contributed by atoms with Crippen LogP contribution in [0.15, 0.2) is 28.7 Å². The molecule has 0 unspecified atom stereocenters. The van der Waals surface area contributed by atoms with E-state index in [2.05, 4.69) is 39.0 Å². The van der Waals surface area contributed by atoms with Crippen LogP contribution in [-0.2, 0) is 16.0 Å². The lowest BCUT2D eigenvalue weighted by molar-refractivity contribution is 0.0798. The second-order valence-electron chi connectivity index (χ2n) is 4.30. The highest BCUT2D eigenvalue weighted by atomic mass is 79.9. The summed E-state index contributed by atoms with van der Waals surface area (Å²) in [6, 6.07) is 8.43. The molecule has 4 heteroatoms. The van der Waals surface area contributed by atoms with Crippen molar-refractivity contribution < 1.29 is 9.47 Å². The van der Waals surface area contributed by atoms with Crippen molar-refractivity contribution in [3.8, 4) is 0 Å². The predicted octanol–water partition coefficient (Wildman–Crippen LogP) is 3.32. The Morgan fingerprint density at radius 1 is 1.05 bits per heavy atom. The van der Waals surface area contributed by atoms with Crippen LogP contribution in [0.4, 0.5) is 0 Å². The predicted molar refractivity (Wildman–Crippen MR) is 82.4 cm³/mol. The van der Waals surface area contributed by atoms with Crippen molar-refractivity contribution >= 4 is 15.9 Å². The van der Waals surface area contributed by atoms with Crippen LogP contribution in [0.1, 0.15) is 19.4 Å². The zero-order chi connectivity index (χ0) is 13.9. The van der Waals surface area contributed by atoms with Gasteiger partial charge in [-0.05, 0) is 31.5 Å². The van der Waals surface area contributed by atoms with Gasteiger partial charge in [0.05, 0.1) is 13.2 Å². The molecule has 0 saturated carbocycles. The third-order valence-corrected chi connectivity index (χ3v) is 3.30. The minimum atomic E-state index is 0.774. The van der Waals surface area contributed by atoms with Gasteiger partial charge in [0, 0.05) is 37.3 Å². The third-order valence-electron chi connectivity index (χ3n) is 2.81. The largest absolute Gasteiger partial charge is 0.380 e. The third kappa shape index (κ3) is 7.67. The van der Waals surface area contributed by atoms with Gasteiger partial charge >= 0.3 is 0 Å². The summed E-state index contributed by atoms with van der Waals surface area (Å²) in [6.07, 6.45) is 0. The number of nitrogens with zero attached hydrogens (tertiary/aromatic N) is 1. The number of hydrogen-bond donors (Lipinski definition) is 0. The fourth-order valence-corrected chi connectivity index (χ4v) is 2.29. The van der Waals surface area contributed by atoms with E-state index >= 15 is 0 Å². The van der Waals surface area contributed by atoms with Crippen LogP contribution in [-0.4, -0.2) is 44.4 Å². The average molecular weight is 330 g/mol. The molecule has 19 heavy (non-hydrogen) atoms. The van der Waals surface area contributed by atoms with Gasteiger partial charge in [0.15, 0.2) is 0 Å². The summed E-state index contributed by atoms with van der Waals surface area (Å²) in [7, 11) is 0. The molecule has 1 aromatic carbocycles. The van der Waals surface area contributed by atoms with E-state index in [0.29, 0.717) is 0 Å². The average Bonchev–Trinajstić information content (AvgIpc) is 2.39. The van der Waals surface area contributed by atoms with Gasteiger partial charge in [-0.3, -0.25) is 4.90 Å². The van der Waals surface area contributed by atoms with E-state index in [1.165, 1.54) is 5.56 Å². The highest BCUT2D eigenvalue weighted by Gasteiger charge is 2.06. The second kappa shape index (κ2) is 10.4.